The van der Waals surface area contributed by atoms with Crippen LogP contribution in [-0.4, -0.2) is 43.0 Å². The summed E-state index contributed by atoms with van der Waals surface area (Å²) in [4.78, 5) is 5.08. The molecule has 1 aromatic rings. The molecule has 0 spiro atoms. The number of rotatable bonds is 5. The van der Waals surface area contributed by atoms with E-state index in [1.165, 1.54) is 52.5 Å². The van der Waals surface area contributed by atoms with Crippen LogP contribution in [0.3, 0.4) is 0 Å². The molecule has 0 aliphatic carbocycles. The van der Waals surface area contributed by atoms with Crippen molar-refractivity contribution >= 4 is 38.5 Å². The van der Waals surface area contributed by atoms with Gasteiger partial charge in [0, 0.05) is 27.2 Å². The van der Waals surface area contributed by atoms with Gasteiger partial charge in [-0.25, -0.2) is 0 Å². The van der Waals surface area contributed by atoms with Gasteiger partial charge in [0.05, 0.1) is 0 Å². The Morgan fingerprint density at radius 1 is 1.30 bits per heavy atom. The van der Waals surface area contributed by atoms with Crippen molar-refractivity contribution in [1.29, 1.82) is 0 Å². The van der Waals surface area contributed by atoms with E-state index in [1.807, 2.05) is 0 Å². The average Bonchev–Trinajstić information content (AvgIpc) is 2.48. The molecule has 1 fully saturated rings. The fourth-order valence-corrected chi connectivity index (χ4v) is 3.95. The molecule has 2 nitrogen and oxygen atoms in total. The number of benzene rings is 1. The molecule has 1 aliphatic rings. The molecule has 1 heterocycles. The van der Waals surface area contributed by atoms with E-state index in [9.17, 15) is 0 Å². The van der Waals surface area contributed by atoms with Crippen LogP contribution >= 0.6 is 38.5 Å². The smallest absolute Gasteiger partial charge is 0.0328 e. The van der Waals surface area contributed by atoms with Crippen LogP contribution in [0.25, 0.3) is 0 Å². The molecule has 112 valence electrons. The fraction of sp³-hybridized carbons (Fsp3) is 0.625. The summed E-state index contributed by atoms with van der Waals surface area (Å²) in [6.45, 7) is 7.22. The van der Waals surface area contributed by atoms with Crippen molar-refractivity contribution in [3.63, 3.8) is 0 Å². The van der Waals surface area contributed by atoms with Gasteiger partial charge < -0.3 is 4.90 Å². The number of halogens is 2. The van der Waals surface area contributed by atoms with Gasteiger partial charge in [-0.15, -0.1) is 0 Å². The molecule has 0 radical (unpaired) electrons. The van der Waals surface area contributed by atoms with Gasteiger partial charge in [-0.2, -0.15) is 0 Å². The van der Waals surface area contributed by atoms with E-state index in [-0.39, 0.29) is 0 Å². The molecule has 0 bridgehead atoms. The zero-order valence-electron chi connectivity index (χ0n) is 12.4. The first-order valence-corrected chi connectivity index (χ1v) is 9.33. The van der Waals surface area contributed by atoms with Crippen LogP contribution in [0.2, 0.25) is 0 Å². The quantitative estimate of drug-likeness (QED) is 0.608. The van der Waals surface area contributed by atoms with Crippen molar-refractivity contribution < 1.29 is 0 Å². The Balaban J connectivity index is 1.90. The number of likely N-dealkylation sites (tertiary alicyclic amines) is 1. The van der Waals surface area contributed by atoms with Crippen LogP contribution in [0.15, 0.2) is 22.7 Å². The minimum atomic E-state index is 0.462. The second kappa shape index (κ2) is 8.11. The summed E-state index contributed by atoms with van der Waals surface area (Å²) in [7, 11) is 2.24. The summed E-state index contributed by atoms with van der Waals surface area (Å²) in [5, 5.41) is 0. The number of hydrogen-bond donors (Lipinski definition) is 0. The van der Waals surface area contributed by atoms with Crippen molar-refractivity contribution in [2.75, 3.05) is 33.2 Å². The fourth-order valence-electron chi connectivity index (χ4n) is 2.76. The lowest BCUT2D eigenvalue weighted by Gasteiger charge is -2.31. The van der Waals surface area contributed by atoms with Gasteiger partial charge in [-0.3, -0.25) is 4.90 Å². The molecular weight excluding hydrogens is 427 g/mol. The molecule has 1 aliphatic heterocycles. The average molecular weight is 451 g/mol. The highest BCUT2D eigenvalue weighted by Crippen LogP contribution is 2.29. The zero-order chi connectivity index (χ0) is 14.5. The topological polar surface area (TPSA) is 6.48 Å². The monoisotopic (exact) mass is 450 g/mol. The van der Waals surface area contributed by atoms with E-state index in [0.29, 0.717) is 6.04 Å². The van der Waals surface area contributed by atoms with E-state index in [4.69, 9.17) is 0 Å². The highest BCUT2D eigenvalue weighted by Gasteiger charge is 2.17. The summed E-state index contributed by atoms with van der Waals surface area (Å²) in [5.74, 6) is 0. The molecular formula is C16H24BrIN2. The number of nitrogens with zero attached hydrogens (tertiary/aromatic N) is 2. The summed E-state index contributed by atoms with van der Waals surface area (Å²) in [6.07, 6.45) is 4.17. The second-order valence-corrected chi connectivity index (χ2v) is 7.64. The van der Waals surface area contributed by atoms with Crippen molar-refractivity contribution in [3.8, 4) is 0 Å². The Morgan fingerprint density at radius 2 is 2.00 bits per heavy atom. The lowest BCUT2D eigenvalue weighted by Crippen LogP contribution is -2.37. The van der Waals surface area contributed by atoms with Crippen LogP contribution in [0.4, 0.5) is 0 Å². The van der Waals surface area contributed by atoms with Crippen LogP contribution < -0.4 is 0 Å². The molecule has 0 N–H and O–H groups in total. The van der Waals surface area contributed by atoms with Gasteiger partial charge in [0.2, 0.25) is 0 Å². The molecule has 2 rings (SSSR count). The second-order valence-electron chi connectivity index (χ2n) is 5.70. The van der Waals surface area contributed by atoms with E-state index in [1.54, 1.807) is 0 Å². The van der Waals surface area contributed by atoms with E-state index in [2.05, 4.69) is 80.5 Å². The standard InChI is InChI=1S/C16H24BrIN2/c1-13(14-7-6-8-15(17)16(14)18)19(2)11-12-20-9-4-3-5-10-20/h6-8,13H,3-5,9-12H2,1-2H3. The lowest BCUT2D eigenvalue weighted by atomic mass is 10.1. The van der Waals surface area contributed by atoms with E-state index in [0.717, 1.165) is 6.54 Å². The third-order valence-electron chi connectivity index (χ3n) is 4.31. The Kier molecular flexibility index (Phi) is 6.78. The summed E-state index contributed by atoms with van der Waals surface area (Å²) in [5.41, 5.74) is 1.42. The maximum absolute atomic E-state index is 3.63. The normalized spacial score (nSPS) is 18.4. The third kappa shape index (κ3) is 4.42. The maximum atomic E-state index is 3.63. The molecule has 0 saturated carbocycles. The predicted octanol–water partition coefficient (Wildman–Crippen LogP) is 4.53. The third-order valence-corrected chi connectivity index (χ3v) is 6.92. The molecule has 20 heavy (non-hydrogen) atoms. The van der Waals surface area contributed by atoms with Crippen molar-refractivity contribution in [2.24, 2.45) is 0 Å². The van der Waals surface area contributed by atoms with Crippen molar-refractivity contribution in [3.05, 3.63) is 31.8 Å². The molecule has 0 aromatic heterocycles. The molecule has 0 amide bonds. The van der Waals surface area contributed by atoms with Crippen LogP contribution in [0.5, 0.6) is 0 Å². The van der Waals surface area contributed by atoms with Crippen LogP contribution in [-0.2, 0) is 0 Å². The van der Waals surface area contributed by atoms with Crippen molar-refractivity contribution in [1.82, 2.24) is 9.80 Å². The van der Waals surface area contributed by atoms with E-state index >= 15 is 0 Å². The van der Waals surface area contributed by atoms with Gasteiger partial charge in [-0.05, 0) is 90.1 Å². The Bertz CT molecular complexity index is 432. The Labute approximate surface area is 145 Å². The summed E-state index contributed by atoms with van der Waals surface area (Å²) >= 11 is 6.07. The van der Waals surface area contributed by atoms with Gasteiger partial charge in [0.1, 0.15) is 0 Å². The molecule has 1 aromatic carbocycles. The minimum absolute atomic E-state index is 0.462. The van der Waals surface area contributed by atoms with Gasteiger partial charge >= 0.3 is 0 Å². The van der Waals surface area contributed by atoms with Crippen LogP contribution in [0, 0.1) is 3.57 Å². The lowest BCUT2D eigenvalue weighted by molar-refractivity contribution is 0.176. The van der Waals surface area contributed by atoms with Gasteiger partial charge in [-0.1, -0.05) is 18.6 Å². The first kappa shape index (κ1) is 16.7. The molecule has 4 heteroatoms. The highest BCUT2D eigenvalue weighted by atomic mass is 127. The Hall–Kier alpha value is 0.350. The summed E-state index contributed by atoms with van der Waals surface area (Å²) in [6, 6.07) is 6.96. The zero-order valence-corrected chi connectivity index (χ0v) is 16.2. The van der Waals surface area contributed by atoms with Gasteiger partial charge in [0.25, 0.3) is 0 Å². The summed E-state index contributed by atoms with van der Waals surface area (Å²) < 4.78 is 2.54. The number of likely N-dealkylation sites (N-methyl/N-ethyl adjacent to an activating group) is 1. The number of hydrogen-bond acceptors (Lipinski definition) is 2. The van der Waals surface area contributed by atoms with Crippen molar-refractivity contribution in [2.45, 2.75) is 32.2 Å². The van der Waals surface area contributed by atoms with E-state index < -0.39 is 0 Å². The minimum Gasteiger partial charge on any atom is -0.302 e. The molecule has 1 unspecified atom stereocenters. The number of piperidine rings is 1. The van der Waals surface area contributed by atoms with Crippen LogP contribution in [0.1, 0.15) is 37.8 Å². The first-order chi connectivity index (χ1) is 9.59. The Morgan fingerprint density at radius 3 is 2.70 bits per heavy atom. The first-order valence-electron chi connectivity index (χ1n) is 7.46. The SMILES string of the molecule is CC(c1cccc(Br)c1I)N(C)CCN1CCCCC1. The molecule has 1 saturated heterocycles. The maximum Gasteiger partial charge on any atom is 0.0328 e. The van der Waals surface area contributed by atoms with Gasteiger partial charge in [0.15, 0.2) is 0 Å². The highest BCUT2D eigenvalue weighted by molar-refractivity contribution is 14.1. The largest absolute Gasteiger partial charge is 0.302 e. The predicted molar refractivity (Wildman–Crippen MR) is 98.2 cm³/mol. The molecule has 1 atom stereocenters.